The summed E-state index contributed by atoms with van der Waals surface area (Å²) in [5.41, 5.74) is 1.10. The first-order valence-corrected chi connectivity index (χ1v) is 7.37. The number of benzene rings is 1. The molecule has 2 N–H and O–H groups in total. The molecule has 0 spiro atoms. The fourth-order valence-corrected chi connectivity index (χ4v) is 2.44. The van der Waals surface area contributed by atoms with E-state index in [2.05, 4.69) is 17.2 Å². The van der Waals surface area contributed by atoms with Gasteiger partial charge in [-0.15, -0.1) is 0 Å². The van der Waals surface area contributed by atoms with Gasteiger partial charge in [0.1, 0.15) is 6.61 Å². The average Bonchev–Trinajstić information content (AvgIpc) is 2.99. The van der Waals surface area contributed by atoms with Gasteiger partial charge in [0, 0.05) is 24.3 Å². The van der Waals surface area contributed by atoms with Crippen molar-refractivity contribution in [2.24, 2.45) is 0 Å². The van der Waals surface area contributed by atoms with Crippen LogP contribution in [0.15, 0.2) is 18.2 Å². The van der Waals surface area contributed by atoms with Gasteiger partial charge >= 0.3 is 0 Å². The molecule has 1 saturated heterocycles. The summed E-state index contributed by atoms with van der Waals surface area (Å²) in [5.74, 6) is 5.10. The second-order valence-corrected chi connectivity index (χ2v) is 5.24. The molecule has 0 radical (unpaired) electrons. The molecule has 1 amide bonds. The molecule has 1 heterocycles. The predicted octanol–water partition coefficient (Wildman–Crippen LogP) is 1.98. The molecule has 1 aromatic carbocycles. The summed E-state index contributed by atoms with van der Waals surface area (Å²) >= 11 is 6.06. The number of ether oxygens (including phenoxy) is 1. The third-order valence-corrected chi connectivity index (χ3v) is 3.62. The molecule has 0 aromatic heterocycles. The van der Waals surface area contributed by atoms with Crippen LogP contribution in [0.2, 0.25) is 5.02 Å². The maximum atomic E-state index is 12.0. The second kappa shape index (κ2) is 8.04. The van der Waals surface area contributed by atoms with Crippen molar-refractivity contribution in [3.63, 3.8) is 0 Å². The molecular weight excluding hydrogens is 290 g/mol. The Hall–Kier alpha value is -1.54. The van der Waals surface area contributed by atoms with E-state index in [-0.39, 0.29) is 18.6 Å². The highest BCUT2D eigenvalue weighted by atomic mass is 35.5. The SMILES string of the molecule is O=C(NCCC1CCCO1)c1ccc(C#CCO)c(Cl)c1. The molecule has 112 valence electrons. The monoisotopic (exact) mass is 307 g/mol. The minimum absolute atomic E-state index is 0.156. The van der Waals surface area contributed by atoms with E-state index in [0.29, 0.717) is 22.7 Å². The average molecular weight is 308 g/mol. The first kappa shape index (κ1) is 15.8. The summed E-state index contributed by atoms with van der Waals surface area (Å²) in [7, 11) is 0. The van der Waals surface area contributed by atoms with Crippen molar-refractivity contribution >= 4 is 17.5 Å². The molecule has 2 rings (SSSR count). The maximum Gasteiger partial charge on any atom is 0.251 e. The van der Waals surface area contributed by atoms with Crippen LogP contribution in [-0.2, 0) is 4.74 Å². The number of carbonyl (C=O) groups is 1. The van der Waals surface area contributed by atoms with E-state index in [9.17, 15) is 4.79 Å². The fourth-order valence-electron chi connectivity index (χ4n) is 2.21. The van der Waals surface area contributed by atoms with Crippen molar-refractivity contribution in [1.82, 2.24) is 5.32 Å². The summed E-state index contributed by atoms with van der Waals surface area (Å²) in [6.45, 7) is 1.19. The quantitative estimate of drug-likeness (QED) is 0.836. The zero-order chi connectivity index (χ0) is 15.1. The number of amides is 1. The molecule has 21 heavy (non-hydrogen) atoms. The zero-order valence-corrected chi connectivity index (χ0v) is 12.4. The molecule has 1 atom stereocenters. The molecule has 1 aromatic rings. The number of halogens is 1. The molecule has 1 fully saturated rings. The summed E-state index contributed by atoms with van der Waals surface area (Å²) in [6.07, 6.45) is 3.27. The van der Waals surface area contributed by atoms with E-state index >= 15 is 0 Å². The van der Waals surface area contributed by atoms with E-state index in [1.165, 1.54) is 0 Å². The van der Waals surface area contributed by atoms with E-state index in [1.807, 2.05) is 0 Å². The van der Waals surface area contributed by atoms with Gasteiger partial charge in [0.15, 0.2) is 0 Å². The standard InChI is InChI=1S/C16H18ClNO3/c17-15-11-13(6-5-12(15)3-1-9-19)16(20)18-8-7-14-4-2-10-21-14/h5-6,11,14,19H,2,4,7-10H2,(H,18,20). The lowest BCUT2D eigenvalue weighted by molar-refractivity contribution is 0.0907. The Morgan fingerprint density at radius 3 is 3.05 bits per heavy atom. The van der Waals surface area contributed by atoms with E-state index < -0.39 is 0 Å². The van der Waals surface area contributed by atoms with Crippen molar-refractivity contribution in [2.75, 3.05) is 19.8 Å². The molecule has 1 aliphatic heterocycles. The molecule has 1 aliphatic rings. The van der Waals surface area contributed by atoms with Crippen molar-refractivity contribution in [2.45, 2.75) is 25.4 Å². The van der Waals surface area contributed by atoms with Crippen LogP contribution in [0.25, 0.3) is 0 Å². The molecule has 0 aliphatic carbocycles. The van der Waals surface area contributed by atoms with Crippen LogP contribution in [0, 0.1) is 11.8 Å². The summed E-state index contributed by atoms with van der Waals surface area (Å²) in [4.78, 5) is 12.0. The lowest BCUT2D eigenvalue weighted by atomic mass is 10.1. The summed E-state index contributed by atoms with van der Waals surface area (Å²) in [5, 5.41) is 11.9. The van der Waals surface area contributed by atoms with E-state index in [4.69, 9.17) is 21.4 Å². The van der Waals surface area contributed by atoms with Gasteiger partial charge in [0.25, 0.3) is 5.91 Å². The van der Waals surface area contributed by atoms with Crippen LogP contribution < -0.4 is 5.32 Å². The van der Waals surface area contributed by atoms with Gasteiger partial charge in [-0.1, -0.05) is 23.4 Å². The topological polar surface area (TPSA) is 58.6 Å². The number of nitrogens with one attached hydrogen (secondary N) is 1. The van der Waals surface area contributed by atoms with Crippen LogP contribution in [0.1, 0.15) is 35.2 Å². The molecule has 0 bridgehead atoms. The maximum absolute atomic E-state index is 12.0. The van der Waals surface area contributed by atoms with Crippen molar-refractivity contribution in [3.8, 4) is 11.8 Å². The first-order valence-electron chi connectivity index (χ1n) is 7.00. The Morgan fingerprint density at radius 1 is 1.52 bits per heavy atom. The number of carbonyl (C=O) groups excluding carboxylic acids is 1. The summed E-state index contributed by atoms with van der Waals surface area (Å²) < 4.78 is 5.50. The fraction of sp³-hybridized carbons (Fsp3) is 0.438. The van der Waals surface area contributed by atoms with Crippen molar-refractivity contribution in [1.29, 1.82) is 0 Å². The molecular formula is C16H18ClNO3. The molecule has 1 unspecified atom stereocenters. The largest absolute Gasteiger partial charge is 0.384 e. The normalized spacial score (nSPS) is 17.1. The minimum atomic E-state index is -0.220. The number of rotatable bonds is 4. The Kier molecular flexibility index (Phi) is 6.06. The number of hydrogen-bond donors (Lipinski definition) is 2. The zero-order valence-electron chi connectivity index (χ0n) is 11.7. The Morgan fingerprint density at radius 2 is 2.38 bits per heavy atom. The number of aliphatic hydroxyl groups is 1. The highest BCUT2D eigenvalue weighted by Gasteiger charge is 2.15. The van der Waals surface area contributed by atoms with Gasteiger partial charge < -0.3 is 15.2 Å². The molecule has 5 heteroatoms. The van der Waals surface area contributed by atoms with Gasteiger partial charge in [0.2, 0.25) is 0 Å². The Balaban J connectivity index is 1.88. The Labute approximate surface area is 129 Å². The van der Waals surface area contributed by atoms with Gasteiger partial charge in [-0.2, -0.15) is 0 Å². The third-order valence-electron chi connectivity index (χ3n) is 3.31. The highest BCUT2D eigenvalue weighted by molar-refractivity contribution is 6.32. The predicted molar refractivity (Wildman–Crippen MR) is 81.3 cm³/mol. The first-order chi connectivity index (χ1) is 10.2. The van der Waals surface area contributed by atoms with Crippen LogP contribution in [0.5, 0.6) is 0 Å². The van der Waals surface area contributed by atoms with Crippen molar-refractivity contribution < 1.29 is 14.6 Å². The highest BCUT2D eigenvalue weighted by Crippen LogP contribution is 2.17. The van der Waals surface area contributed by atoms with Gasteiger partial charge in [-0.25, -0.2) is 0 Å². The minimum Gasteiger partial charge on any atom is -0.384 e. The van der Waals surface area contributed by atoms with Crippen LogP contribution in [0.3, 0.4) is 0 Å². The van der Waals surface area contributed by atoms with Crippen LogP contribution in [-0.4, -0.2) is 36.9 Å². The van der Waals surface area contributed by atoms with Crippen molar-refractivity contribution in [3.05, 3.63) is 34.3 Å². The Bertz CT molecular complexity index is 556. The van der Waals surface area contributed by atoms with Gasteiger partial charge in [-0.3, -0.25) is 4.79 Å². The van der Waals surface area contributed by atoms with E-state index in [1.54, 1.807) is 18.2 Å². The van der Waals surface area contributed by atoms with Crippen LogP contribution in [0.4, 0.5) is 0 Å². The lowest BCUT2D eigenvalue weighted by Gasteiger charge is -2.10. The van der Waals surface area contributed by atoms with Crippen LogP contribution >= 0.6 is 11.6 Å². The van der Waals surface area contributed by atoms with E-state index in [0.717, 1.165) is 25.9 Å². The van der Waals surface area contributed by atoms with Gasteiger partial charge in [-0.05, 0) is 37.5 Å². The molecule has 4 nitrogen and oxygen atoms in total. The summed E-state index contributed by atoms with van der Waals surface area (Å²) in [6, 6.07) is 4.94. The third kappa shape index (κ3) is 4.75. The lowest BCUT2D eigenvalue weighted by Crippen LogP contribution is -2.27. The smallest absolute Gasteiger partial charge is 0.251 e. The number of hydrogen-bond acceptors (Lipinski definition) is 3. The van der Waals surface area contributed by atoms with Gasteiger partial charge in [0.05, 0.1) is 11.1 Å². The molecule has 0 saturated carbocycles. The number of aliphatic hydroxyl groups excluding tert-OH is 1. The second-order valence-electron chi connectivity index (χ2n) is 4.83.